The van der Waals surface area contributed by atoms with E-state index in [4.69, 9.17) is 9.47 Å². The molecule has 5 heteroatoms. The molecule has 1 aromatic rings. The van der Waals surface area contributed by atoms with E-state index in [1.807, 2.05) is 6.07 Å². The molecular formula is C14H21BrFNO2. The van der Waals surface area contributed by atoms with Gasteiger partial charge in [-0.2, -0.15) is 0 Å². The Morgan fingerprint density at radius 1 is 1.32 bits per heavy atom. The number of hydrogen-bond donors (Lipinski definition) is 1. The summed E-state index contributed by atoms with van der Waals surface area (Å²) in [7, 11) is 3.18. The van der Waals surface area contributed by atoms with E-state index in [-0.39, 0.29) is 11.9 Å². The van der Waals surface area contributed by atoms with Crippen molar-refractivity contribution in [3.8, 4) is 0 Å². The third-order valence-electron chi connectivity index (χ3n) is 2.90. The molecule has 108 valence electrons. The number of methoxy groups -OCH3 is 2. The van der Waals surface area contributed by atoms with E-state index in [0.717, 1.165) is 17.4 Å². The van der Waals surface area contributed by atoms with E-state index >= 15 is 0 Å². The van der Waals surface area contributed by atoms with Crippen molar-refractivity contribution >= 4 is 15.9 Å². The summed E-state index contributed by atoms with van der Waals surface area (Å²) in [6, 6.07) is 5.01. The zero-order valence-corrected chi connectivity index (χ0v) is 13.2. The third kappa shape index (κ3) is 5.18. The van der Waals surface area contributed by atoms with Gasteiger partial charge < -0.3 is 14.8 Å². The van der Waals surface area contributed by atoms with Crippen molar-refractivity contribution in [2.75, 3.05) is 20.8 Å². The van der Waals surface area contributed by atoms with Crippen LogP contribution in [0.4, 0.5) is 4.39 Å². The Morgan fingerprint density at radius 2 is 2.00 bits per heavy atom. The topological polar surface area (TPSA) is 30.5 Å². The Bertz CT molecular complexity index is 386. The van der Waals surface area contributed by atoms with Crippen molar-refractivity contribution < 1.29 is 13.9 Å². The van der Waals surface area contributed by atoms with Gasteiger partial charge in [-0.1, -0.05) is 28.9 Å². The Balaban J connectivity index is 2.80. The molecule has 0 spiro atoms. The molecule has 0 aliphatic rings. The second kappa shape index (κ2) is 8.64. The molecule has 0 amide bonds. The highest BCUT2D eigenvalue weighted by Gasteiger charge is 2.21. The fourth-order valence-electron chi connectivity index (χ4n) is 1.94. The monoisotopic (exact) mass is 333 g/mol. The molecule has 1 rings (SSSR count). The molecule has 0 saturated carbocycles. The van der Waals surface area contributed by atoms with Crippen LogP contribution in [-0.4, -0.2) is 33.1 Å². The lowest BCUT2D eigenvalue weighted by atomic mass is 10.0. The first-order valence-corrected chi connectivity index (χ1v) is 7.14. The highest BCUT2D eigenvalue weighted by molar-refractivity contribution is 9.10. The minimum atomic E-state index is -0.394. The average molecular weight is 334 g/mol. The van der Waals surface area contributed by atoms with Crippen LogP contribution in [0.5, 0.6) is 0 Å². The van der Waals surface area contributed by atoms with Crippen LogP contribution in [0.3, 0.4) is 0 Å². The van der Waals surface area contributed by atoms with Crippen molar-refractivity contribution in [2.45, 2.75) is 32.1 Å². The standard InChI is InChI=1S/C14H21BrFNO2/c1-4-7-17-13(14(18-2)19-3)8-10-5-6-11(15)9-12(10)16/h5-6,9,13-14,17H,4,7-8H2,1-3H3. The minimum Gasteiger partial charge on any atom is -0.354 e. The van der Waals surface area contributed by atoms with Gasteiger partial charge in [-0.3, -0.25) is 0 Å². The molecule has 0 aromatic heterocycles. The number of halogens is 2. The Labute approximate surface area is 122 Å². The van der Waals surface area contributed by atoms with E-state index in [1.165, 1.54) is 6.07 Å². The van der Waals surface area contributed by atoms with Gasteiger partial charge in [0.2, 0.25) is 0 Å². The lowest BCUT2D eigenvalue weighted by molar-refractivity contribution is -0.122. The van der Waals surface area contributed by atoms with Crippen molar-refractivity contribution in [1.29, 1.82) is 0 Å². The van der Waals surface area contributed by atoms with Gasteiger partial charge in [-0.25, -0.2) is 4.39 Å². The minimum absolute atomic E-state index is 0.0781. The van der Waals surface area contributed by atoms with Crippen molar-refractivity contribution in [3.63, 3.8) is 0 Å². The van der Waals surface area contributed by atoms with Crippen LogP contribution >= 0.6 is 15.9 Å². The molecule has 0 aliphatic carbocycles. The zero-order chi connectivity index (χ0) is 14.3. The van der Waals surface area contributed by atoms with Crippen molar-refractivity contribution in [2.24, 2.45) is 0 Å². The number of benzene rings is 1. The summed E-state index contributed by atoms with van der Waals surface area (Å²) in [6.45, 7) is 2.92. The summed E-state index contributed by atoms with van der Waals surface area (Å²) in [5.41, 5.74) is 0.649. The summed E-state index contributed by atoms with van der Waals surface area (Å²) in [4.78, 5) is 0. The van der Waals surface area contributed by atoms with E-state index in [0.29, 0.717) is 12.0 Å². The van der Waals surface area contributed by atoms with Crippen LogP contribution < -0.4 is 5.32 Å². The van der Waals surface area contributed by atoms with E-state index in [9.17, 15) is 4.39 Å². The lowest BCUT2D eigenvalue weighted by Gasteiger charge is -2.26. The van der Waals surface area contributed by atoms with E-state index in [2.05, 4.69) is 28.2 Å². The lowest BCUT2D eigenvalue weighted by Crippen LogP contribution is -2.44. The number of hydrogen-bond acceptors (Lipinski definition) is 3. The largest absolute Gasteiger partial charge is 0.354 e. The molecule has 0 aliphatic heterocycles. The Kier molecular flexibility index (Phi) is 7.53. The maximum atomic E-state index is 13.9. The molecule has 0 fully saturated rings. The third-order valence-corrected chi connectivity index (χ3v) is 3.40. The molecule has 0 radical (unpaired) electrons. The normalized spacial score (nSPS) is 12.9. The zero-order valence-electron chi connectivity index (χ0n) is 11.6. The SMILES string of the molecule is CCCNC(Cc1ccc(Br)cc1F)C(OC)OC. The highest BCUT2D eigenvalue weighted by atomic mass is 79.9. The molecule has 1 atom stereocenters. The molecule has 3 nitrogen and oxygen atoms in total. The summed E-state index contributed by atoms with van der Waals surface area (Å²) in [5.74, 6) is -0.219. The highest BCUT2D eigenvalue weighted by Crippen LogP contribution is 2.18. The van der Waals surface area contributed by atoms with Gasteiger partial charge in [0.15, 0.2) is 6.29 Å². The molecule has 0 saturated heterocycles. The summed E-state index contributed by atoms with van der Waals surface area (Å²) in [5, 5.41) is 3.33. The van der Waals surface area contributed by atoms with Gasteiger partial charge >= 0.3 is 0 Å². The predicted octanol–water partition coefficient (Wildman–Crippen LogP) is 3.12. The molecule has 0 bridgehead atoms. The Hall–Kier alpha value is -0.490. The summed E-state index contributed by atoms with van der Waals surface area (Å²) in [6.07, 6.45) is 1.12. The fourth-order valence-corrected chi connectivity index (χ4v) is 2.28. The van der Waals surface area contributed by atoms with Crippen LogP contribution in [0.25, 0.3) is 0 Å². The first-order valence-electron chi connectivity index (χ1n) is 6.35. The molecule has 1 N–H and O–H groups in total. The van der Waals surface area contributed by atoms with Gasteiger partial charge in [-0.05, 0) is 37.1 Å². The summed E-state index contributed by atoms with van der Waals surface area (Å²) >= 11 is 3.26. The molecule has 19 heavy (non-hydrogen) atoms. The first-order chi connectivity index (χ1) is 9.12. The average Bonchev–Trinajstić information content (AvgIpc) is 2.39. The van der Waals surface area contributed by atoms with Crippen LogP contribution in [0.2, 0.25) is 0 Å². The maximum absolute atomic E-state index is 13.9. The second-order valence-corrected chi connectivity index (χ2v) is 5.26. The van der Waals surface area contributed by atoms with Crippen molar-refractivity contribution in [3.05, 3.63) is 34.1 Å². The van der Waals surface area contributed by atoms with Crippen LogP contribution in [0.15, 0.2) is 22.7 Å². The second-order valence-electron chi connectivity index (χ2n) is 4.34. The van der Waals surface area contributed by atoms with Gasteiger partial charge in [0.25, 0.3) is 0 Å². The van der Waals surface area contributed by atoms with Gasteiger partial charge in [0.05, 0.1) is 6.04 Å². The van der Waals surface area contributed by atoms with Crippen LogP contribution in [-0.2, 0) is 15.9 Å². The molecule has 1 aromatic carbocycles. The predicted molar refractivity (Wildman–Crippen MR) is 77.7 cm³/mol. The number of nitrogens with one attached hydrogen (secondary N) is 1. The fraction of sp³-hybridized carbons (Fsp3) is 0.571. The van der Waals surface area contributed by atoms with E-state index in [1.54, 1.807) is 20.3 Å². The number of ether oxygens (including phenoxy) is 2. The van der Waals surface area contributed by atoms with Crippen LogP contribution in [0, 0.1) is 5.82 Å². The number of rotatable bonds is 8. The maximum Gasteiger partial charge on any atom is 0.172 e. The van der Waals surface area contributed by atoms with Gasteiger partial charge in [0, 0.05) is 18.7 Å². The molecule has 0 heterocycles. The Morgan fingerprint density at radius 3 is 2.53 bits per heavy atom. The molecule has 1 unspecified atom stereocenters. The first kappa shape index (κ1) is 16.6. The quantitative estimate of drug-likeness (QED) is 0.741. The van der Waals surface area contributed by atoms with Crippen LogP contribution in [0.1, 0.15) is 18.9 Å². The van der Waals surface area contributed by atoms with Crippen molar-refractivity contribution in [1.82, 2.24) is 5.32 Å². The van der Waals surface area contributed by atoms with Gasteiger partial charge in [-0.15, -0.1) is 0 Å². The smallest absolute Gasteiger partial charge is 0.172 e. The van der Waals surface area contributed by atoms with E-state index < -0.39 is 6.29 Å². The van der Waals surface area contributed by atoms with Gasteiger partial charge in [0.1, 0.15) is 5.82 Å². The summed E-state index contributed by atoms with van der Waals surface area (Å²) < 4.78 is 25.2. The molecular weight excluding hydrogens is 313 g/mol.